The summed E-state index contributed by atoms with van der Waals surface area (Å²) in [5, 5.41) is 47.6. The molecule has 0 rings (SSSR count). The monoisotopic (exact) mass is 720 g/mol. The van der Waals surface area contributed by atoms with Gasteiger partial charge in [-0.05, 0) is 62.3 Å². The van der Waals surface area contributed by atoms with E-state index in [-0.39, 0.29) is 54.6 Å². The molecule has 0 unspecified atom stereocenters. The molecule has 0 aromatic rings. The standard InChI is InChI=1S/C8H18O2P.C4H11O4P.5C3H7O.2Ti/c1-7(2,3)9-11-10-8(4,5)6;1-4(2,3)8-9(5,6)7;5*1-3(2)4;;/h1-6H3;1-3H3,(H2,5,6,7);5*3H,1-2H3;;/q-1;;5*-1;2*+4/p-2. The summed E-state index contributed by atoms with van der Waals surface area (Å²) in [6.07, 6.45) is -2.08. The Morgan fingerprint density at radius 3 is 0.667 bits per heavy atom. The van der Waals surface area contributed by atoms with E-state index in [0.29, 0.717) is 9.03 Å². The van der Waals surface area contributed by atoms with Crippen LogP contribution in [0.2, 0.25) is 0 Å². The van der Waals surface area contributed by atoms with E-state index in [1.54, 1.807) is 69.2 Å². The Hall–Kier alpha value is 1.69. The fraction of sp³-hybridized carbons (Fsp3) is 1.00. The molecule has 0 aliphatic carbocycles. The summed E-state index contributed by atoms with van der Waals surface area (Å²) >= 11 is 0. The number of hydrogen-bond acceptors (Lipinski definition) is 11. The molecule has 0 radical (unpaired) electrons. The zero-order chi connectivity index (χ0) is 34.7. The van der Waals surface area contributed by atoms with Crippen LogP contribution in [0.5, 0.6) is 0 Å². The number of rotatable bonds is 3. The summed E-state index contributed by atoms with van der Waals surface area (Å²) in [6, 6.07) is 0. The van der Waals surface area contributed by atoms with Gasteiger partial charge in [0.25, 0.3) is 0 Å². The second-order valence-electron chi connectivity index (χ2n) is 12.4. The molecule has 0 aliphatic rings. The van der Waals surface area contributed by atoms with Crippen LogP contribution in [0.1, 0.15) is 132 Å². The number of hydrogen-bond donors (Lipinski definition) is 0. The topological polar surface area (TPSA) is 206 Å². The van der Waals surface area contributed by atoms with Crippen LogP contribution in [0, 0.1) is 0 Å². The van der Waals surface area contributed by atoms with E-state index >= 15 is 0 Å². The van der Waals surface area contributed by atoms with Crippen molar-refractivity contribution in [1.29, 1.82) is 0 Å². The van der Waals surface area contributed by atoms with Crippen molar-refractivity contribution in [3.05, 3.63) is 0 Å². The summed E-state index contributed by atoms with van der Waals surface area (Å²) < 4.78 is 24.7. The van der Waals surface area contributed by atoms with Crippen LogP contribution in [-0.4, -0.2) is 47.3 Å². The van der Waals surface area contributed by atoms with Crippen LogP contribution in [-0.2, 0) is 61.6 Å². The maximum atomic E-state index is 9.90. The molecule has 0 fully saturated rings. The van der Waals surface area contributed by atoms with Crippen molar-refractivity contribution in [2.45, 2.75) is 179 Å². The first-order valence-corrected chi connectivity index (χ1v) is 15.4. The average molecular weight is 720 g/mol. The van der Waals surface area contributed by atoms with Gasteiger partial charge in [0, 0.05) is 11.2 Å². The first kappa shape index (κ1) is 66.2. The van der Waals surface area contributed by atoms with E-state index < -0.39 is 43.9 Å². The van der Waals surface area contributed by atoms with Gasteiger partial charge in [0.2, 0.25) is 0 Å². The van der Waals surface area contributed by atoms with Crippen LogP contribution in [0.3, 0.4) is 0 Å². The maximum Gasteiger partial charge on any atom is 4.00 e. The largest absolute Gasteiger partial charge is 4.00 e. The van der Waals surface area contributed by atoms with Crippen molar-refractivity contribution in [1.82, 2.24) is 0 Å². The molecule has 15 heteroatoms. The Morgan fingerprint density at radius 2 is 0.619 bits per heavy atom. The third-order valence-corrected chi connectivity index (χ3v) is 3.02. The van der Waals surface area contributed by atoms with Crippen molar-refractivity contribution in [2.75, 3.05) is 0 Å². The molecule has 42 heavy (non-hydrogen) atoms. The maximum absolute atomic E-state index is 9.90. The number of phosphoric acid groups is 1. The van der Waals surface area contributed by atoms with Gasteiger partial charge in [-0.15, -0.1) is 30.5 Å². The van der Waals surface area contributed by atoms with Gasteiger partial charge in [-0.1, -0.05) is 69.2 Å². The first-order chi connectivity index (χ1) is 17.1. The van der Waals surface area contributed by atoms with Gasteiger partial charge in [0.05, 0.1) is 13.4 Å². The Balaban J connectivity index is -0.0000000452. The molecule has 0 heterocycles. The van der Waals surface area contributed by atoms with E-state index in [4.69, 9.17) is 9.05 Å². The third kappa shape index (κ3) is 280. The molecule has 0 spiro atoms. The zero-order valence-corrected chi connectivity index (χ0v) is 34.7. The molecule has 0 saturated heterocycles. The van der Waals surface area contributed by atoms with Gasteiger partial charge in [-0.25, -0.2) is 9.03 Å². The van der Waals surface area contributed by atoms with Crippen LogP contribution in [0.15, 0.2) is 0 Å². The summed E-state index contributed by atoms with van der Waals surface area (Å²) in [7, 11) is -4.19. The molecule has 0 N–H and O–H groups in total. The smallest absolute Gasteiger partial charge is 0.852 e. The van der Waals surface area contributed by atoms with Crippen molar-refractivity contribution in [3.8, 4) is 0 Å². The van der Waals surface area contributed by atoms with Crippen molar-refractivity contribution < 1.29 is 96.9 Å². The summed E-state index contributed by atoms with van der Waals surface area (Å²) in [5.41, 5.74) is -1.14. The Kier molecular flexibility index (Phi) is 58.5. The second-order valence-corrected chi connectivity index (χ2v) is 14.0. The Bertz CT molecular complexity index is 465. The van der Waals surface area contributed by atoms with Crippen LogP contribution in [0.4, 0.5) is 0 Å². The van der Waals surface area contributed by atoms with Gasteiger partial charge < -0.3 is 53.5 Å². The van der Waals surface area contributed by atoms with Crippen LogP contribution >= 0.6 is 16.9 Å². The zero-order valence-electron chi connectivity index (χ0n) is 29.8. The predicted molar refractivity (Wildman–Crippen MR) is 153 cm³/mol. The summed E-state index contributed by atoms with van der Waals surface area (Å²) in [4.78, 5) is 19.8. The first-order valence-electron chi connectivity index (χ1n) is 13.2. The average Bonchev–Trinajstić information content (AvgIpc) is 2.45. The SMILES string of the molecule is CC(C)(C)OP(=O)([O-])[O-].CC(C)(C)O[P-]OC(C)(C)C.CC(C)[O-].CC(C)[O-].CC(C)[O-].CC(C)[O-].CC(C)[O-].[Ti+4].[Ti+4]. The van der Waals surface area contributed by atoms with Gasteiger partial charge in [-0.3, -0.25) is 0 Å². The fourth-order valence-corrected chi connectivity index (χ4v) is 1.73. The van der Waals surface area contributed by atoms with Gasteiger partial charge in [-0.2, -0.15) is 0 Å². The van der Waals surface area contributed by atoms with Crippen molar-refractivity contribution in [2.24, 2.45) is 0 Å². The third-order valence-electron chi connectivity index (χ3n) is 1.01. The number of phosphoric ester groups is 1. The Morgan fingerprint density at radius 1 is 0.476 bits per heavy atom. The molecule has 0 atom stereocenters. The van der Waals surface area contributed by atoms with E-state index in [9.17, 15) is 39.9 Å². The predicted octanol–water partition coefficient (Wildman–Crippen LogP) is 1.79. The molecular formula is C27H62O11P2Ti2. The molecule has 0 aliphatic heterocycles. The van der Waals surface area contributed by atoms with E-state index in [0.717, 1.165) is 0 Å². The van der Waals surface area contributed by atoms with Crippen LogP contribution < -0.4 is 35.3 Å². The van der Waals surface area contributed by atoms with Crippen molar-refractivity contribution >= 4 is 16.9 Å². The normalized spacial score (nSPS) is 10.8. The quantitative estimate of drug-likeness (QED) is 0.304. The minimum absolute atomic E-state index is 0. The molecular weight excluding hydrogens is 658 g/mol. The minimum Gasteiger partial charge on any atom is -0.852 e. The second kappa shape index (κ2) is 37.1. The Labute approximate surface area is 291 Å². The molecule has 0 aromatic heterocycles. The van der Waals surface area contributed by atoms with E-state index in [2.05, 4.69) is 4.52 Å². The molecule has 11 nitrogen and oxygen atoms in total. The fourth-order valence-electron chi connectivity index (χ4n) is 0.578. The molecule has 0 bridgehead atoms. The van der Waals surface area contributed by atoms with Gasteiger partial charge >= 0.3 is 43.4 Å². The van der Waals surface area contributed by atoms with Gasteiger partial charge in [0.15, 0.2) is 0 Å². The summed E-state index contributed by atoms with van der Waals surface area (Å²) in [5.74, 6) is 0. The van der Waals surface area contributed by atoms with Crippen molar-refractivity contribution in [3.63, 3.8) is 0 Å². The van der Waals surface area contributed by atoms with E-state index in [1.165, 1.54) is 20.8 Å². The molecule has 254 valence electrons. The molecule has 0 saturated carbocycles. The summed E-state index contributed by atoms with van der Waals surface area (Å²) in [6.45, 7) is 32.6. The van der Waals surface area contributed by atoms with Crippen LogP contribution in [0.25, 0.3) is 0 Å². The molecule has 0 aromatic carbocycles. The van der Waals surface area contributed by atoms with Gasteiger partial charge in [0.1, 0.15) is 0 Å². The minimum atomic E-state index is -4.79. The van der Waals surface area contributed by atoms with E-state index in [1.807, 2.05) is 41.5 Å². The molecule has 0 amide bonds.